The number of benzene rings is 2. The molecule has 0 aliphatic rings. The van der Waals surface area contributed by atoms with Gasteiger partial charge in [0.05, 0.1) is 17.0 Å². The van der Waals surface area contributed by atoms with Crippen molar-refractivity contribution in [2.75, 3.05) is 6.54 Å². The van der Waals surface area contributed by atoms with E-state index in [-0.39, 0.29) is 0 Å². The van der Waals surface area contributed by atoms with E-state index in [4.69, 9.17) is 4.74 Å². The van der Waals surface area contributed by atoms with Gasteiger partial charge in [0.1, 0.15) is 5.75 Å². The minimum Gasteiger partial charge on any atom is -0.481 e. The highest BCUT2D eigenvalue weighted by atomic mass is 32.2. The number of nitrogens with one attached hydrogen (secondary N) is 3. The van der Waals surface area contributed by atoms with E-state index in [0.29, 0.717) is 11.8 Å². The van der Waals surface area contributed by atoms with Gasteiger partial charge in [-0.1, -0.05) is 18.2 Å². The first-order valence-electron chi connectivity index (χ1n) is 9.30. The fourth-order valence-electron chi connectivity index (χ4n) is 2.46. The Morgan fingerprint density at radius 3 is 2.38 bits per heavy atom. The molecule has 0 saturated carbocycles. The SMILES string of the molecule is Cc1cccc(OC(C)C(=O)NNC(=O)CNS(=O)(=O)c2cccc(C(F)(F)F)c2)c1C. The topological polar surface area (TPSA) is 114 Å². The number of ether oxygens (including phenoxy) is 1. The number of hydrogen-bond acceptors (Lipinski definition) is 5. The predicted octanol–water partition coefficient (Wildman–Crippen LogP) is 2.22. The summed E-state index contributed by atoms with van der Waals surface area (Å²) in [5.41, 5.74) is 4.78. The molecule has 0 heterocycles. The highest BCUT2D eigenvalue weighted by Crippen LogP contribution is 2.30. The number of halogens is 3. The molecular weight excluding hydrogens is 451 g/mol. The first-order chi connectivity index (χ1) is 14.8. The third-order valence-electron chi connectivity index (χ3n) is 4.45. The predicted molar refractivity (Wildman–Crippen MR) is 109 cm³/mol. The number of amides is 2. The average Bonchev–Trinajstić information content (AvgIpc) is 2.73. The summed E-state index contributed by atoms with van der Waals surface area (Å²) in [6, 6.07) is 8.41. The maximum Gasteiger partial charge on any atom is 0.416 e. The summed E-state index contributed by atoms with van der Waals surface area (Å²) in [4.78, 5) is 23.3. The Morgan fingerprint density at radius 1 is 1.06 bits per heavy atom. The van der Waals surface area contributed by atoms with Gasteiger partial charge in [0.15, 0.2) is 6.10 Å². The molecule has 1 unspecified atom stereocenters. The van der Waals surface area contributed by atoms with Gasteiger partial charge >= 0.3 is 6.18 Å². The Kier molecular flexibility index (Phi) is 7.86. The minimum atomic E-state index is -4.72. The Labute approximate surface area is 183 Å². The molecule has 0 bridgehead atoms. The van der Waals surface area contributed by atoms with Gasteiger partial charge in [0, 0.05) is 0 Å². The lowest BCUT2D eigenvalue weighted by atomic mass is 10.1. The molecule has 32 heavy (non-hydrogen) atoms. The molecule has 0 saturated heterocycles. The van der Waals surface area contributed by atoms with Crippen LogP contribution in [0.15, 0.2) is 47.4 Å². The highest BCUT2D eigenvalue weighted by Gasteiger charge is 2.31. The molecule has 2 aromatic carbocycles. The monoisotopic (exact) mass is 473 g/mol. The van der Waals surface area contributed by atoms with Crippen molar-refractivity contribution in [3.05, 3.63) is 59.2 Å². The Hall–Kier alpha value is -3.12. The van der Waals surface area contributed by atoms with Crippen molar-refractivity contribution in [3.63, 3.8) is 0 Å². The second-order valence-corrected chi connectivity index (χ2v) is 8.61. The summed E-state index contributed by atoms with van der Waals surface area (Å²) >= 11 is 0. The third kappa shape index (κ3) is 6.69. The molecule has 0 fully saturated rings. The van der Waals surface area contributed by atoms with Gasteiger partial charge in [-0.3, -0.25) is 20.4 Å². The standard InChI is InChI=1S/C20H22F3N3O5S/c1-12-6-4-9-17(13(12)2)31-14(3)19(28)26-25-18(27)11-24-32(29,30)16-8-5-7-15(10-16)20(21,22)23/h4-10,14,24H,11H2,1-3H3,(H,25,27)(H,26,28). The number of sulfonamides is 1. The number of alkyl halides is 3. The van der Waals surface area contributed by atoms with Crippen molar-refractivity contribution < 1.29 is 35.9 Å². The van der Waals surface area contributed by atoms with Crippen LogP contribution in [0.25, 0.3) is 0 Å². The van der Waals surface area contributed by atoms with E-state index in [2.05, 4.69) is 5.43 Å². The van der Waals surface area contributed by atoms with Gasteiger partial charge in [-0.2, -0.15) is 13.2 Å². The van der Waals surface area contributed by atoms with E-state index < -0.39 is 51.1 Å². The summed E-state index contributed by atoms with van der Waals surface area (Å²) in [6.45, 7) is 4.35. The van der Waals surface area contributed by atoms with E-state index in [1.54, 1.807) is 12.1 Å². The molecule has 0 aliphatic heterocycles. The Balaban J connectivity index is 1.88. The zero-order valence-corrected chi connectivity index (χ0v) is 18.2. The fourth-order valence-corrected chi connectivity index (χ4v) is 3.48. The third-order valence-corrected chi connectivity index (χ3v) is 5.85. The number of carbonyl (C=O) groups excluding carboxylic acids is 2. The maximum atomic E-state index is 12.8. The molecule has 0 aromatic heterocycles. The van der Waals surface area contributed by atoms with Gasteiger partial charge in [-0.25, -0.2) is 13.1 Å². The molecule has 174 valence electrons. The molecule has 1 atom stereocenters. The van der Waals surface area contributed by atoms with Crippen molar-refractivity contribution in [1.29, 1.82) is 0 Å². The molecule has 12 heteroatoms. The second-order valence-electron chi connectivity index (χ2n) is 6.85. The first-order valence-corrected chi connectivity index (χ1v) is 10.8. The average molecular weight is 473 g/mol. The lowest BCUT2D eigenvalue weighted by Crippen LogP contribution is -2.50. The number of hydrazine groups is 1. The maximum absolute atomic E-state index is 12.8. The van der Waals surface area contributed by atoms with Gasteiger partial charge < -0.3 is 4.74 Å². The van der Waals surface area contributed by atoms with E-state index in [1.165, 1.54) is 6.92 Å². The normalized spacial score (nSPS) is 12.7. The Morgan fingerprint density at radius 2 is 1.72 bits per heavy atom. The fraction of sp³-hybridized carbons (Fsp3) is 0.300. The highest BCUT2D eigenvalue weighted by molar-refractivity contribution is 7.89. The zero-order valence-electron chi connectivity index (χ0n) is 17.4. The Bertz CT molecular complexity index is 1100. The summed E-state index contributed by atoms with van der Waals surface area (Å²) < 4.78 is 70.0. The molecule has 0 radical (unpaired) electrons. The molecule has 3 N–H and O–H groups in total. The van der Waals surface area contributed by atoms with Crippen LogP contribution in [0, 0.1) is 13.8 Å². The van der Waals surface area contributed by atoms with Crippen LogP contribution in [0.2, 0.25) is 0 Å². The van der Waals surface area contributed by atoms with Crippen LogP contribution in [0.3, 0.4) is 0 Å². The van der Waals surface area contributed by atoms with Crippen molar-refractivity contribution in [1.82, 2.24) is 15.6 Å². The number of aryl methyl sites for hydroxylation is 1. The van der Waals surface area contributed by atoms with Crippen LogP contribution in [0.1, 0.15) is 23.6 Å². The number of carbonyl (C=O) groups is 2. The summed E-state index contributed by atoms with van der Waals surface area (Å²) in [7, 11) is -4.39. The van der Waals surface area contributed by atoms with Crippen molar-refractivity contribution >= 4 is 21.8 Å². The number of hydrogen-bond donors (Lipinski definition) is 3. The quantitative estimate of drug-likeness (QED) is 0.534. The van der Waals surface area contributed by atoms with Crippen LogP contribution in [-0.2, 0) is 25.8 Å². The van der Waals surface area contributed by atoms with Crippen molar-refractivity contribution in [2.24, 2.45) is 0 Å². The first kappa shape index (κ1) is 25.1. The zero-order chi connectivity index (χ0) is 24.1. The largest absolute Gasteiger partial charge is 0.481 e. The molecular formula is C20H22F3N3O5S. The van der Waals surface area contributed by atoms with Gasteiger partial charge in [-0.05, 0) is 56.2 Å². The van der Waals surface area contributed by atoms with Crippen LogP contribution < -0.4 is 20.3 Å². The summed E-state index contributed by atoms with van der Waals surface area (Å²) in [5, 5.41) is 0. The summed E-state index contributed by atoms with van der Waals surface area (Å²) in [6.07, 6.45) is -5.69. The molecule has 8 nitrogen and oxygen atoms in total. The number of rotatable bonds is 7. The second kappa shape index (κ2) is 10.0. The lowest BCUT2D eigenvalue weighted by molar-refractivity contribution is -0.137. The molecule has 2 amide bonds. The minimum absolute atomic E-state index is 0.453. The van der Waals surface area contributed by atoms with Crippen LogP contribution in [0.4, 0.5) is 13.2 Å². The summed E-state index contributed by atoms with van der Waals surface area (Å²) in [5.74, 6) is -1.14. The van der Waals surface area contributed by atoms with Crippen molar-refractivity contribution in [3.8, 4) is 5.75 Å². The van der Waals surface area contributed by atoms with E-state index in [0.717, 1.165) is 29.3 Å². The van der Waals surface area contributed by atoms with Crippen LogP contribution in [0.5, 0.6) is 5.75 Å². The van der Waals surface area contributed by atoms with Crippen molar-refractivity contribution in [2.45, 2.75) is 37.9 Å². The van der Waals surface area contributed by atoms with Gasteiger partial charge in [0.2, 0.25) is 10.0 Å². The van der Waals surface area contributed by atoms with Crippen LogP contribution >= 0.6 is 0 Å². The smallest absolute Gasteiger partial charge is 0.416 e. The van der Waals surface area contributed by atoms with E-state index in [9.17, 15) is 31.2 Å². The molecule has 2 rings (SSSR count). The van der Waals surface area contributed by atoms with E-state index in [1.807, 2.05) is 30.1 Å². The van der Waals surface area contributed by atoms with Gasteiger partial charge in [0.25, 0.3) is 11.8 Å². The molecule has 2 aromatic rings. The van der Waals surface area contributed by atoms with E-state index >= 15 is 0 Å². The molecule has 0 spiro atoms. The van der Waals surface area contributed by atoms with Gasteiger partial charge in [-0.15, -0.1) is 0 Å². The molecule has 0 aliphatic carbocycles. The lowest BCUT2D eigenvalue weighted by Gasteiger charge is -2.17. The van der Waals surface area contributed by atoms with Crippen LogP contribution in [-0.4, -0.2) is 32.9 Å².